The molecule has 1 aromatic rings. The Morgan fingerprint density at radius 1 is 1.39 bits per heavy atom. The van der Waals surface area contributed by atoms with Crippen LogP contribution in [0.2, 0.25) is 0 Å². The summed E-state index contributed by atoms with van der Waals surface area (Å²) < 4.78 is 4.90. The zero-order valence-electron chi connectivity index (χ0n) is 10.5. The van der Waals surface area contributed by atoms with Crippen LogP contribution in [0.4, 0.5) is 0 Å². The van der Waals surface area contributed by atoms with Crippen LogP contribution in [0.15, 0.2) is 4.52 Å². The van der Waals surface area contributed by atoms with Crippen LogP contribution < -0.4 is 0 Å². The molecule has 1 aromatic heterocycles. The molecule has 0 aliphatic heterocycles. The van der Waals surface area contributed by atoms with Gasteiger partial charge in [-0.25, -0.2) is 0 Å². The summed E-state index contributed by atoms with van der Waals surface area (Å²) in [6, 6.07) is 0. The minimum absolute atomic E-state index is 0.0590. The molecule has 0 bridgehead atoms. The van der Waals surface area contributed by atoms with Crippen LogP contribution in [-0.4, -0.2) is 45.6 Å². The van der Waals surface area contributed by atoms with Crippen LogP contribution in [-0.2, 0) is 16.0 Å². The predicted octanol–water partition coefficient (Wildman–Crippen LogP) is 0.634. The van der Waals surface area contributed by atoms with Crippen LogP contribution in [0.1, 0.15) is 31.0 Å². The molecule has 0 unspecified atom stereocenters. The lowest BCUT2D eigenvalue weighted by Crippen LogP contribution is -2.28. The zero-order valence-corrected chi connectivity index (χ0v) is 10.5. The molecule has 1 amide bonds. The summed E-state index contributed by atoms with van der Waals surface area (Å²) in [5.74, 6) is 0.0838. The highest BCUT2D eigenvalue weighted by Gasteiger charge is 2.11. The number of carbonyl (C=O) groups is 2. The maximum absolute atomic E-state index is 11.7. The summed E-state index contributed by atoms with van der Waals surface area (Å²) in [6.07, 6.45) is 1.21. The third kappa shape index (κ3) is 4.94. The first kappa shape index (κ1) is 14.1. The number of hydrogen-bond donors (Lipinski definition) is 1. The van der Waals surface area contributed by atoms with Gasteiger partial charge in [0.25, 0.3) is 0 Å². The van der Waals surface area contributed by atoms with Crippen molar-refractivity contribution in [2.24, 2.45) is 0 Å². The van der Waals surface area contributed by atoms with Crippen molar-refractivity contribution in [3.63, 3.8) is 0 Å². The second-order valence-electron chi connectivity index (χ2n) is 4.05. The Morgan fingerprint density at radius 2 is 2.11 bits per heavy atom. The van der Waals surface area contributed by atoms with Gasteiger partial charge >= 0.3 is 5.97 Å². The lowest BCUT2D eigenvalue weighted by Gasteiger charge is -2.15. The molecule has 7 heteroatoms. The van der Waals surface area contributed by atoms with Crippen molar-refractivity contribution in [3.8, 4) is 0 Å². The van der Waals surface area contributed by atoms with Crippen molar-refractivity contribution in [2.45, 2.75) is 32.6 Å². The number of carboxylic acids is 1. The number of nitrogens with zero attached hydrogens (tertiary/aromatic N) is 3. The molecule has 0 saturated heterocycles. The van der Waals surface area contributed by atoms with E-state index in [4.69, 9.17) is 9.63 Å². The van der Waals surface area contributed by atoms with Crippen molar-refractivity contribution in [3.05, 3.63) is 11.7 Å². The van der Waals surface area contributed by atoms with Crippen LogP contribution in [0.25, 0.3) is 0 Å². The molecule has 0 aliphatic carbocycles. The molecule has 7 nitrogen and oxygen atoms in total. The van der Waals surface area contributed by atoms with E-state index in [0.717, 1.165) is 0 Å². The molecule has 0 saturated carbocycles. The minimum atomic E-state index is -0.850. The molecule has 100 valence electrons. The summed E-state index contributed by atoms with van der Waals surface area (Å²) in [7, 11) is 1.66. The average Bonchev–Trinajstić information content (AvgIpc) is 2.71. The lowest BCUT2D eigenvalue weighted by atomic mass is 10.2. The van der Waals surface area contributed by atoms with Crippen molar-refractivity contribution >= 4 is 11.9 Å². The number of aryl methyl sites for hydroxylation is 2. The second-order valence-corrected chi connectivity index (χ2v) is 4.05. The number of amides is 1. The molecule has 0 radical (unpaired) electrons. The number of carboxylic acid groups (broad SMARTS) is 1. The van der Waals surface area contributed by atoms with Gasteiger partial charge in [0.1, 0.15) is 0 Å². The quantitative estimate of drug-likeness (QED) is 0.767. The minimum Gasteiger partial charge on any atom is -0.481 e. The first-order valence-electron chi connectivity index (χ1n) is 5.74. The number of aromatic nitrogens is 2. The molecule has 0 fully saturated rings. The van der Waals surface area contributed by atoms with Gasteiger partial charge in [0, 0.05) is 32.9 Å². The summed E-state index contributed by atoms with van der Waals surface area (Å²) >= 11 is 0. The third-order valence-corrected chi connectivity index (χ3v) is 2.43. The van der Waals surface area contributed by atoms with E-state index in [-0.39, 0.29) is 18.7 Å². The molecule has 0 spiro atoms. The first-order valence-corrected chi connectivity index (χ1v) is 5.74. The standard InChI is InChI=1S/C11H17N3O4/c1-8-12-9(18-13-8)5-6-10(15)14(2)7-3-4-11(16)17/h3-7H2,1-2H3,(H,16,17). The fourth-order valence-electron chi connectivity index (χ4n) is 1.44. The van der Waals surface area contributed by atoms with Crippen molar-refractivity contribution in [2.75, 3.05) is 13.6 Å². The predicted molar refractivity (Wildman–Crippen MR) is 61.9 cm³/mol. The van der Waals surface area contributed by atoms with Gasteiger partial charge in [0.2, 0.25) is 11.8 Å². The van der Waals surface area contributed by atoms with Gasteiger partial charge < -0.3 is 14.5 Å². The van der Waals surface area contributed by atoms with E-state index in [9.17, 15) is 9.59 Å². The highest BCUT2D eigenvalue weighted by Crippen LogP contribution is 2.03. The summed E-state index contributed by atoms with van der Waals surface area (Å²) in [5, 5.41) is 12.1. The molecule has 0 aromatic carbocycles. The van der Waals surface area contributed by atoms with Crippen LogP contribution in [0, 0.1) is 6.92 Å². The smallest absolute Gasteiger partial charge is 0.303 e. The van der Waals surface area contributed by atoms with Crippen LogP contribution in [0.5, 0.6) is 0 Å². The molecule has 0 atom stereocenters. The van der Waals surface area contributed by atoms with Gasteiger partial charge in [0.15, 0.2) is 5.82 Å². The monoisotopic (exact) mass is 255 g/mol. The van der Waals surface area contributed by atoms with Crippen LogP contribution >= 0.6 is 0 Å². The maximum atomic E-state index is 11.7. The highest BCUT2D eigenvalue weighted by molar-refractivity contribution is 5.76. The normalized spacial score (nSPS) is 10.3. The fourth-order valence-corrected chi connectivity index (χ4v) is 1.44. The van der Waals surface area contributed by atoms with Gasteiger partial charge in [-0.2, -0.15) is 4.98 Å². The Balaban J connectivity index is 2.25. The summed E-state index contributed by atoms with van der Waals surface area (Å²) in [5.41, 5.74) is 0. The Bertz CT molecular complexity index is 416. The molecule has 1 N–H and O–H groups in total. The lowest BCUT2D eigenvalue weighted by molar-refractivity contribution is -0.138. The summed E-state index contributed by atoms with van der Waals surface area (Å²) in [6.45, 7) is 2.15. The third-order valence-electron chi connectivity index (χ3n) is 2.43. The van der Waals surface area contributed by atoms with E-state index in [1.165, 1.54) is 4.90 Å². The molecular weight excluding hydrogens is 238 g/mol. The van der Waals surface area contributed by atoms with Crippen molar-refractivity contribution < 1.29 is 19.2 Å². The van der Waals surface area contributed by atoms with E-state index in [0.29, 0.717) is 31.1 Å². The van der Waals surface area contributed by atoms with Crippen molar-refractivity contribution in [1.29, 1.82) is 0 Å². The van der Waals surface area contributed by atoms with E-state index in [2.05, 4.69) is 10.1 Å². The highest BCUT2D eigenvalue weighted by atomic mass is 16.5. The van der Waals surface area contributed by atoms with Crippen molar-refractivity contribution in [1.82, 2.24) is 15.0 Å². The summed E-state index contributed by atoms with van der Waals surface area (Å²) in [4.78, 5) is 27.5. The van der Waals surface area contributed by atoms with E-state index >= 15 is 0 Å². The number of aliphatic carboxylic acids is 1. The van der Waals surface area contributed by atoms with Gasteiger partial charge in [-0.15, -0.1) is 0 Å². The van der Waals surface area contributed by atoms with Crippen LogP contribution in [0.3, 0.4) is 0 Å². The van der Waals surface area contributed by atoms with Gasteiger partial charge in [-0.3, -0.25) is 9.59 Å². The Morgan fingerprint density at radius 3 is 2.67 bits per heavy atom. The first-order chi connectivity index (χ1) is 8.49. The van der Waals surface area contributed by atoms with E-state index < -0.39 is 5.97 Å². The van der Waals surface area contributed by atoms with Gasteiger partial charge in [-0.1, -0.05) is 5.16 Å². The van der Waals surface area contributed by atoms with E-state index in [1.807, 2.05) is 0 Å². The topological polar surface area (TPSA) is 96.5 Å². The maximum Gasteiger partial charge on any atom is 0.303 e. The molecule has 0 aliphatic rings. The number of hydrogen-bond acceptors (Lipinski definition) is 5. The Kier molecular flexibility index (Phi) is 5.29. The van der Waals surface area contributed by atoms with Gasteiger partial charge in [-0.05, 0) is 13.3 Å². The average molecular weight is 255 g/mol. The molecular formula is C11H17N3O4. The molecule has 1 heterocycles. The second kappa shape index (κ2) is 6.73. The largest absolute Gasteiger partial charge is 0.481 e. The fraction of sp³-hybridized carbons (Fsp3) is 0.636. The molecule has 18 heavy (non-hydrogen) atoms. The number of rotatable bonds is 7. The van der Waals surface area contributed by atoms with E-state index in [1.54, 1.807) is 14.0 Å². The number of carbonyl (C=O) groups excluding carboxylic acids is 1. The molecule has 1 rings (SSSR count). The van der Waals surface area contributed by atoms with Gasteiger partial charge in [0.05, 0.1) is 0 Å². The SMILES string of the molecule is Cc1noc(CCC(=O)N(C)CCCC(=O)O)n1. The Hall–Kier alpha value is -1.92. The zero-order chi connectivity index (χ0) is 13.5. The Labute approximate surface area is 105 Å².